The lowest BCUT2D eigenvalue weighted by atomic mass is 10.1. The number of hydrogen-bond acceptors (Lipinski definition) is 6. The minimum atomic E-state index is -3.76. The maximum Gasteiger partial charge on any atom is 0.269 e. The quantitative estimate of drug-likeness (QED) is 0.434. The number of sulfonamides is 1. The number of carbonyl (C=O) groups is 1. The summed E-state index contributed by atoms with van der Waals surface area (Å²) in [6.07, 6.45) is 1.44. The number of anilines is 1. The highest BCUT2D eigenvalue weighted by Gasteiger charge is 2.20. The molecule has 0 fully saturated rings. The fraction of sp³-hybridized carbons (Fsp3) is 0.211. The number of aryl methyl sites for hydroxylation is 2. The van der Waals surface area contributed by atoms with Crippen LogP contribution in [-0.2, 0) is 16.4 Å². The van der Waals surface area contributed by atoms with E-state index in [2.05, 4.69) is 20.2 Å². The van der Waals surface area contributed by atoms with Crippen molar-refractivity contribution in [2.75, 3.05) is 11.9 Å². The summed E-state index contributed by atoms with van der Waals surface area (Å²) in [5, 5.41) is 10.2. The van der Waals surface area contributed by atoms with Crippen molar-refractivity contribution in [1.29, 1.82) is 0 Å². The number of carbonyl (C=O) groups excluding carboxylic acids is 1. The van der Waals surface area contributed by atoms with Crippen molar-refractivity contribution >= 4 is 32.4 Å². The second-order valence-corrected chi connectivity index (χ2v) is 9.10. The van der Waals surface area contributed by atoms with Gasteiger partial charge in [0.1, 0.15) is 0 Å². The molecule has 2 N–H and O–H groups in total. The standard InChI is InChI=1S/C19H20N4O3S2/c1-14-9-11-16(12-10-14)17(24)21-18-22-23-19(27-18)28(25,26)20-13-5-8-15-6-3-2-4-7-15/h2-4,6-7,9-12,20H,5,8,13H2,1H3,(H,21,22,24). The molecule has 0 saturated carbocycles. The molecule has 0 bridgehead atoms. The van der Waals surface area contributed by atoms with Crippen molar-refractivity contribution in [2.45, 2.75) is 24.1 Å². The Bertz CT molecular complexity index is 1030. The van der Waals surface area contributed by atoms with Crippen LogP contribution in [0.2, 0.25) is 0 Å². The van der Waals surface area contributed by atoms with Crippen LogP contribution in [0.5, 0.6) is 0 Å². The molecular formula is C19H20N4O3S2. The second kappa shape index (κ2) is 9.05. The van der Waals surface area contributed by atoms with Gasteiger partial charge in [-0.25, -0.2) is 13.1 Å². The van der Waals surface area contributed by atoms with Gasteiger partial charge >= 0.3 is 0 Å². The van der Waals surface area contributed by atoms with Gasteiger partial charge < -0.3 is 0 Å². The molecule has 2 aromatic carbocycles. The zero-order valence-electron chi connectivity index (χ0n) is 15.3. The highest BCUT2D eigenvalue weighted by atomic mass is 32.2. The summed E-state index contributed by atoms with van der Waals surface area (Å²) in [5.41, 5.74) is 2.65. The smallest absolute Gasteiger partial charge is 0.269 e. The van der Waals surface area contributed by atoms with E-state index in [9.17, 15) is 13.2 Å². The van der Waals surface area contributed by atoms with E-state index in [0.717, 1.165) is 28.9 Å². The maximum atomic E-state index is 12.3. The van der Waals surface area contributed by atoms with Crippen LogP contribution in [-0.4, -0.2) is 31.1 Å². The van der Waals surface area contributed by atoms with Crippen molar-refractivity contribution in [3.05, 3.63) is 71.3 Å². The summed E-state index contributed by atoms with van der Waals surface area (Å²) in [7, 11) is -3.76. The SMILES string of the molecule is Cc1ccc(C(=O)Nc2nnc(S(=O)(=O)NCCCc3ccccc3)s2)cc1. The third-order valence-corrected chi connectivity index (χ3v) is 6.61. The molecule has 1 aromatic heterocycles. The van der Waals surface area contributed by atoms with E-state index >= 15 is 0 Å². The lowest BCUT2D eigenvalue weighted by Crippen LogP contribution is -2.25. The van der Waals surface area contributed by atoms with Crippen molar-refractivity contribution in [2.24, 2.45) is 0 Å². The normalized spacial score (nSPS) is 11.3. The molecular weight excluding hydrogens is 396 g/mol. The summed E-state index contributed by atoms with van der Waals surface area (Å²) in [6.45, 7) is 2.22. The fourth-order valence-corrected chi connectivity index (χ4v) is 4.46. The van der Waals surface area contributed by atoms with Gasteiger partial charge in [-0.3, -0.25) is 10.1 Å². The topological polar surface area (TPSA) is 101 Å². The number of nitrogens with one attached hydrogen (secondary N) is 2. The fourth-order valence-electron chi connectivity index (χ4n) is 2.45. The molecule has 3 aromatic rings. The molecule has 0 radical (unpaired) electrons. The van der Waals surface area contributed by atoms with Gasteiger partial charge in [0.05, 0.1) is 0 Å². The Hall–Kier alpha value is -2.62. The highest BCUT2D eigenvalue weighted by Crippen LogP contribution is 2.20. The Balaban J connectivity index is 1.54. The number of benzene rings is 2. The summed E-state index contributed by atoms with van der Waals surface area (Å²) in [6, 6.07) is 16.9. The Kier molecular flexibility index (Phi) is 6.50. The first kappa shape index (κ1) is 20.1. The average Bonchev–Trinajstić information content (AvgIpc) is 3.16. The molecule has 28 heavy (non-hydrogen) atoms. The van der Waals surface area contributed by atoms with E-state index < -0.39 is 10.0 Å². The largest absolute Gasteiger partial charge is 0.296 e. The predicted octanol–water partition coefficient (Wildman–Crippen LogP) is 3.01. The van der Waals surface area contributed by atoms with Gasteiger partial charge in [-0.05, 0) is 37.5 Å². The summed E-state index contributed by atoms with van der Waals surface area (Å²) >= 11 is 0.816. The van der Waals surface area contributed by atoms with Crippen LogP contribution in [0.1, 0.15) is 27.9 Å². The number of nitrogens with zero attached hydrogens (tertiary/aromatic N) is 2. The Labute approximate surface area is 167 Å². The molecule has 0 aliphatic heterocycles. The van der Waals surface area contributed by atoms with Crippen LogP contribution in [0.4, 0.5) is 5.13 Å². The molecule has 7 nitrogen and oxygen atoms in total. The molecule has 0 aliphatic carbocycles. The van der Waals surface area contributed by atoms with Gasteiger partial charge in [0.25, 0.3) is 15.9 Å². The number of amides is 1. The van der Waals surface area contributed by atoms with Crippen LogP contribution < -0.4 is 10.0 Å². The zero-order valence-corrected chi connectivity index (χ0v) is 16.9. The van der Waals surface area contributed by atoms with Gasteiger partial charge in [-0.15, -0.1) is 10.2 Å². The molecule has 0 spiro atoms. The van der Waals surface area contributed by atoms with Crippen LogP contribution in [0, 0.1) is 6.92 Å². The van der Waals surface area contributed by atoms with Crippen molar-refractivity contribution in [3.8, 4) is 0 Å². The first-order valence-electron chi connectivity index (χ1n) is 8.69. The van der Waals surface area contributed by atoms with E-state index in [4.69, 9.17) is 0 Å². The van der Waals surface area contributed by atoms with Gasteiger partial charge in [-0.1, -0.05) is 59.4 Å². The lowest BCUT2D eigenvalue weighted by Gasteiger charge is -2.04. The monoisotopic (exact) mass is 416 g/mol. The minimum absolute atomic E-state index is 0.134. The first-order chi connectivity index (χ1) is 13.4. The third kappa shape index (κ3) is 5.44. The van der Waals surface area contributed by atoms with Crippen LogP contribution in [0.3, 0.4) is 0 Å². The van der Waals surface area contributed by atoms with Crippen molar-refractivity contribution < 1.29 is 13.2 Å². The summed E-state index contributed by atoms with van der Waals surface area (Å²) in [4.78, 5) is 12.2. The van der Waals surface area contributed by atoms with Crippen molar-refractivity contribution in [3.63, 3.8) is 0 Å². The molecule has 0 aliphatic rings. The Morgan fingerprint density at radius 3 is 2.46 bits per heavy atom. The Morgan fingerprint density at radius 2 is 1.75 bits per heavy atom. The van der Waals surface area contributed by atoms with E-state index in [1.165, 1.54) is 0 Å². The molecule has 3 rings (SSSR count). The van der Waals surface area contributed by atoms with Crippen molar-refractivity contribution in [1.82, 2.24) is 14.9 Å². The number of hydrogen-bond donors (Lipinski definition) is 2. The average molecular weight is 417 g/mol. The summed E-state index contributed by atoms with van der Waals surface area (Å²) < 4.78 is 27.0. The number of aromatic nitrogens is 2. The molecule has 1 amide bonds. The third-order valence-electron chi connectivity index (χ3n) is 3.95. The Morgan fingerprint density at radius 1 is 1.04 bits per heavy atom. The van der Waals surface area contributed by atoms with E-state index in [-0.39, 0.29) is 15.4 Å². The predicted molar refractivity (Wildman–Crippen MR) is 109 cm³/mol. The van der Waals surface area contributed by atoms with E-state index in [1.54, 1.807) is 12.1 Å². The molecule has 1 heterocycles. The minimum Gasteiger partial charge on any atom is -0.296 e. The highest BCUT2D eigenvalue weighted by molar-refractivity contribution is 7.91. The van der Waals surface area contributed by atoms with Crippen LogP contribution in [0.25, 0.3) is 0 Å². The maximum absolute atomic E-state index is 12.3. The number of rotatable bonds is 8. The zero-order chi connectivity index (χ0) is 20.0. The van der Waals surface area contributed by atoms with Crippen LogP contribution in [0.15, 0.2) is 58.9 Å². The summed E-state index contributed by atoms with van der Waals surface area (Å²) in [5.74, 6) is -0.365. The van der Waals surface area contributed by atoms with Gasteiger partial charge in [0, 0.05) is 12.1 Å². The lowest BCUT2D eigenvalue weighted by molar-refractivity contribution is 0.102. The van der Waals surface area contributed by atoms with Gasteiger partial charge in [-0.2, -0.15) is 0 Å². The first-order valence-corrected chi connectivity index (χ1v) is 11.0. The molecule has 146 valence electrons. The second-order valence-electron chi connectivity index (χ2n) is 6.18. The molecule has 0 atom stereocenters. The molecule has 9 heteroatoms. The van der Waals surface area contributed by atoms with E-state index in [0.29, 0.717) is 18.5 Å². The molecule has 0 saturated heterocycles. The van der Waals surface area contributed by atoms with Crippen LogP contribution >= 0.6 is 11.3 Å². The van der Waals surface area contributed by atoms with Gasteiger partial charge in [0.2, 0.25) is 9.47 Å². The molecule has 0 unspecified atom stereocenters. The van der Waals surface area contributed by atoms with E-state index in [1.807, 2.05) is 49.4 Å². The van der Waals surface area contributed by atoms with Gasteiger partial charge in [0.15, 0.2) is 0 Å².